The SMILES string of the molecule is O=C(N(Cc1ccccc1)c1ccccc1)[C@@]1(Cl)O[C@@H]1c1cccc([N+](=O)[O-])c1. The van der Waals surface area contributed by atoms with Gasteiger partial charge in [0.25, 0.3) is 16.7 Å². The molecule has 6 nitrogen and oxygen atoms in total. The molecule has 7 heteroatoms. The van der Waals surface area contributed by atoms with Gasteiger partial charge < -0.3 is 9.64 Å². The number of hydrogen-bond acceptors (Lipinski definition) is 4. The quantitative estimate of drug-likeness (QED) is 0.253. The summed E-state index contributed by atoms with van der Waals surface area (Å²) in [5.74, 6) is -0.411. The molecule has 0 spiro atoms. The van der Waals surface area contributed by atoms with Gasteiger partial charge >= 0.3 is 0 Å². The number of rotatable bonds is 6. The largest absolute Gasteiger partial charge is 0.336 e. The van der Waals surface area contributed by atoms with Crippen LogP contribution in [-0.2, 0) is 16.1 Å². The highest BCUT2D eigenvalue weighted by Crippen LogP contribution is 2.54. The van der Waals surface area contributed by atoms with Crippen LogP contribution in [0.15, 0.2) is 84.9 Å². The molecule has 0 aromatic heterocycles. The molecule has 4 rings (SSSR count). The summed E-state index contributed by atoms with van der Waals surface area (Å²) >= 11 is 6.55. The third-order valence-electron chi connectivity index (χ3n) is 4.74. The number of nitrogens with zero attached hydrogens (tertiary/aromatic N) is 2. The van der Waals surface area contributed by atoms with E-state index in [0.29, 0.717) is 17.8 Å². The minimum Gasteiger partial charge on any atom is -0.336 e. The second-order valence-corrected chi connectivity index (χ2v) is 7.27. The van der Waals surface area contributed by atoms with Crippen LogP contribution in [0.5, 0.6) is 0 Å². The molecular weight excluding hydrogens is 392 g/mol. The van der Waals surface area contributed by atoms with Gasteiger partial charge in [-0.05, 0) is 23.3 Å². The number of non-ortho nitro benzene ring substituents is 1. The molecule has 146 valence electrons. The minimum absolute atomic E-state index is 0.0753. The summed E-state index contributed by atoms with van der Waals surface area (Å²) < 4.78 is 5.58. The fraction of sp³-hybridized carbons (Fsp3) is 0.136. The standard InChI is InChI=1S/C22H17ClN2O4/c23-22(20(29-22)17-10-7-13-19(14-17)25(27)28)21(26)24(18-11-5-2-6-12-18)15-16-8-3-1-4-9-16/h1-14,20H,15H2/t20-,22+/m1/s1. The fourth-order valence-corrected chi connectivity index (χ4v) is 3.54. The molecule has 0 bridgehead atoms. The van der Waals surface area contributed by atoms with E-state index < -0.39 is 22.0 Å². The van der Waals surface area contributed by atoms with Gasteiger partial charge in [-0.25, -0.2) is 0 Å². The van der Waals surface area contributed by atoms with Gasteiger partial charge in [-0.15, -0.1) is 0 Å². The van der Waals surface area contributed by atoms with Crippen LogP contribution >= 0.6 is 11.6 Å². The summed E-state index contributed by atoms with van der Waals surface area (Å²) in [6.07, 6.45) is -0.751. The van der Waals surface area contributed by atoms with E-state index in [9.17, 15) is 14.9 Å². The molecule has 3 aromatic carbocycles. The van der Waals surface area contributed by atoms with Crippen LogP contribution in [0, 0.1) is 10.1 Å². The molecule has 1 saturated heterocycles. The lowest BCUT2D eigenvalue weighted by molar-refractivity contribution is -0.384. The average molecular weight is 409 g/mol. The van der Waals surface area contributed by atoms with Gasteiger partial charge in [-0.1, -0.05) is 72.3 Å². The van der Waals surface area contributed by atoms with Crippen molar-refractivity contribution in [3.05, 3.63) is 106 Å². The Morgan fingerprint density at radius 2 is 1.69 bits per heavy atom. The highest BCUT2D eigenvalue weighted by atomic mass is 35.5. The number of carbonyl (C=O) groups excluding carboxylic acids is 1. The van der Waals surface area contributed by atoms with Crippen LogP contribution in [0.25, 0.3) is 0 Å². The first-order chi connectivity index (χ1) is 14.0. The van der Waals surface area contributed by atoms with E-state index in [1.165, 1.54) is 12.1 Å². The van der Waals surface area contributed by atoms with Crippen molar-refractivity contribution in [1.29, 1.82) is 0 Å². The first-order valence-corrected chi connectivity index (χ1v) is 9.39. The number of amides is 1. The molecule has 0 radical (unpaired) electrons. The number of nitro benzene ring substituents is 1. The van der Waals surface area contributed by atoms with E-state index in [0.717, 1.165) is 5.56 Å². The second kappa shape index (κ2) is 7.66. The fourth-order valence-electron chi connectivity index (χ4n) is 3.22. The number of epoxide rings is 1. The zero-order chi connectivity index (χ0) is 20.4. The topological polar surface area (TPSA) is 76.0 Å². The minimum atomic E-state index is -1.60. The lowest BCUT2D eigenvalue weighted by atomic mass is 10.1. The summed E-state index contributed by atoms with van der Waals surface area (Å²) in [5, 5.41) is 9.45. The van der Waals surface area contributed by atoms with Gasteiger partial charge in [0.2, 0.25) is 0 Å². The van der Waals surface area contributed by atoms with Gasteiger partial charge in [0, 0.05) is 17.8 Å². The van der Waals surface area contributed by atoms with Gasteiger partial charge in [-0.2, -0.15) is 0 Å². The van der Waals surface area contributed by atoms with Crippen LogP contribution < -0.4 is 4.90 Å². The van der Waals surface area contributed by atoms with Crippen molar-refractivity contribution < 1.29 is 14.5 Å². The van der Waals surface area contributed by atoms with E-state index in [-0.39, 0.29) is 5.69 Å². The van der Waals surface area contributed by atoms with Crippen molar-refractivity contribution in [2.45, 2.75) is 17.7 Å². The van der Waals surface area contributed by atoms with Gasteiger partial charge in [0.05, 0.1) is 11.5 Å². The second-order valence-electron chi connectivity index (χ2n) is 6.71. The molecule has 2 atom stereocenters. The number of hydrogen-bond donors (Lipinski definition) is 0. The highest BCUT2D eigenvalue weighted by Gasteiger charge is 2.64. The summed E-state index contributed by atoms with van der Waals surface area (Å²) in [7, 11) is 0. The molecule has 0 N–H and O–H groups in total. The van der Waals surface area contributed by atoms with Gasteiger partial charge in [0.1, 0.15) is 6.10 Å². The Labute approximate surface area is 172 Å². The molecule has 0 aliphatic carbocycles. The summed E-state index contributed by atoms with van der Waals surface area (Å²) in [6, 6.07) is 24.7. The summed E-state index contributed by atoms with van der Waals surface area (Å²) in [4.78, 5) is 25.5. The highest BCUT2D eigenvalue weighted by molar-refractivity contribution is 6.38. The molecule has 0 saturated carbocycles. The number of nitro groups is 1. The predicted octanol–water partition coefficient (Wildman–Crippen LogP) is 4.83. The maximum atomic E-state index is 13.4. The van der Waals surface area contributed by atoms with E-state index in [1.54, 1.807) is 17.0 Å². The third-order valence-corrected chi connectivity index (χ3v) is 5.19. The average Bonchev–Trinajstić information content (AvgIpc) is 3.46. The molecule has 1 amide bonds. The normalized spacial score (nSPS) is 20.1. The molecular formula is C22H17ClN2O4. The molecule has 0 unspecified atom stereocenters. The number of alkyl halides is 1. The zero-order valence-electron chi connectivity index (χ0n) is 15.3. The lowest BCUT2D eigenvalue weighted by Crippen LogP contribution is -2.38. The first-order valence-electron chi connectivity index (χ1n) is 9.01. The number of para-hydroxylation sites is 1. The van der Waals surface area contributed by atoms with Crippen LogP contribution in [0.3, 0.4) is 0 Å². The van der Waals surface area contributed by atoms with Crippen molar-refractivity contribution >= 4 is 28.9 Å². The Morgan fingerprint density at radius 1 is 1.03 bits per heavy atom. The Bertz CT molecular complexity index is 1040. The van der Waals surface area contributed by atoms with E-state index in [4.69, 9.17) is 16.3 Å². The monoisotopic (exact) mass is 408 g/mol. The predicted molar refractivity (Wildman–Crippen MR) is 110 cm³/mol. The molecule has 1 aliphatic heterocycles. The number of benzene rings is 3. The third kappa shape index (κ3) is 3.85. The molecule has 1 aliphatic rings. The van der Waals surface area contributed by atoms with Crippen molar-refractivity contribution in [3.63, 3.8) is 0 Å². The van der Waals surface area contributed by atoms with E-state index in [2.05, 4.69) is 0 Å². The Hall–Kier alpha value is -3.22. The first kappa shape index (κ1) is 19.1. The Kier molecular flexibility index (Phi) is 5.05. The molecule has 3 aromatic rings. The van der Waals surface area contributed by atoms with Gasteiger partial charge in [0.15, 0.2) is 0 Å². The number of ether oxygens (including phenoxy) is 1. The van der Waals surface area contributed by atoms with Crippen molar-refractivity contribution in [3.8, 4) is 0 Å². The number of anilines is 1. The summed E-state index contributed by atoms with van der Waals surface area (Å²) in [6.45, 7) is 0.323. The van der Waals surface area contributed by atoms with E-state index >= 15 is 0 Å². The van der Waals surface area contributed by atoms with Crippen molar-refractivity contribution in [2.24, 2.45) is 0 Å². The summed E-state index contributed by atoms with van der Waals surface area (Å²) in [5.41, 5.74) is 2.05. The molecule has 1 fully saturated rings. The van der Waals surface area contributed by atoms with Crippen LogP contribution in [0.4, 0.5) is 11.4 Å². The zero-order valence-corrected chi connectivity index (χ0v) is 16.0. The number of carbonyl (C=O) groups is 1. The number of halogens is 1. The van der Waals surface area contributed by atoms with Crippen LogP contribution in [0.1, 0.15) is 17.2 Å². The van der Waals surface area contributed by atoms with Crippen molar-refractivity contribution in [2.75, 3.05) is 4.90 Å². The Morgan fingerprint density at radius 3 is 2.34 bits per heavy atom. The molecule has 1 heterocycles. The smallest absolute Gasteiger partial charge is 0.278 e. The van der Waals surface area contributed by atoms with Crippen LogP contribution in [0.2, 0.25) is 0 Å². The van der Waals surface area contributed by atoms with Crippen molar-refractivity contribution in [1.82, 2.24) is 0 Å². The maximum absolute atomic E-state index is 13.4. The van der Waals surface area contributed by atoms with E-state index in [1.807, 2.05) is 60.7 Å². The van der Waals surface area contributed by atoms with Crippen LogP contribution in [-0.4, -0.2) is 15.9 Å². The van der Waals surface area contributed by atoms with Gasteiger partial charge in [-0.3, -0.25) is 14.9 Å². The molecule has 29 heavy (non-hydrogen) atoms. The maximum Gasteiger partial charge on any atom is 0.278 e. The Balaban J connectivity index is 1.63. The lowest BCUT2D eigenvalue weighted by Gasteiger charge is -2.24.